The minimum absolute atomic E-state index is 0.155. The number of H-pyrrole nitrogens is 1. The van der Waals surface area contributed by atoms with Gasteiger partial charge in [0.05, 0.1) is 5.02 Å². The number of aliphatic carboxylic acids is 1. The summed E-state index contributed by atoms with van der Waals surface area (Å²) in [6.45, 7) is 0. The Morgan fingerprint density at radius 2 is 1.96 bits per heavy atom. The van der Waals surface area contributed by atoms with E-state index in [-0.39, 0.29) is 10.7 Å². The van der Waals surface area contributed by atoms with Crippen molar-refractivity contribution in [3.63, 3.8) is 0 Å². The molecule has 1 amide bonds. The number of amides is 1. The number of nitrogens with one attached hydrogen (secondary N) is 2. The van der Waals surface area contributed by atoms with Crippen LogP contribution in [-0.2, 0) is 4.79 Å². The van der Waals surface area contributed by atoms with Gasteiger partial charge in [0.1, 0.15) is 11.2 Å². The lowest BCUT2D eigenvalue weighted by molar-refractivity contribution is -0.144. The highest BCUT2D eigenvalue weighted by molar-refractivity contribution is 7.99. The molecule has 122 valence electrons. The number of hydrogen-bond donors (Lipinski definition) is 3. The molecule has 1 aromatic heterocycles. The molecule has 0 atom stereocenters. The normalized spacial score (nSPS) is 17.1. The van der Waals surface area contributed by atoms with E-state index >= 15 is 0 Å². The van der Waals surface area contributed by atoms with Gasteiger partial charge in [0, 0.05) is 15.9 Å². The lowest BCUT2D eigenvalue weighted by Gasteiger charge is -2.33. The summed E-state index contributed by atoms with van der Waals surface area (Å²) < 4.78 is 0. The number of halogens is 2. The van der Waals surface area contributed by atoms with Crippen LogP contribution in [0.25, 0.3) is 10.9 Å². The number of carbonyl (C=O) groups is 2. The number of rotatable bonds is 3. The topological polar surface area (TPSA) is 82.2 Å². The average Bonchev–Trinajstić information content (AvgIpc) is 2.85. The Labute approximate surface area is 146 Å². The third kappa shape index (κ3) is 3.03. The van der Waals surface area contributed by atoms with Crippen LogP contribution in [0.4, 0.5) is 0 Å². The highest BCUT2D eigenvalue weighted by Crippen LogP contribution is 2.32. The van der Waals surface area contributed by atoms with Crippen LogP contribution in [0.2, 0.25) is 10.0 Å². The van der Waals surface area contributed by atoms with Crippen LogP contribution < -0.4 is 5.32 Å². The van der Waals surface area contributed by atoms with E-state index in [1.54, 1.807) is 30.0 Å². The molecule has 2 heterocycles. The van der Waals surface area contributed by atoms with Crippen LogP contribution in [0.3, 0.4) is 0 Å². The van der Waals surface area contributed by atoms with Crippen molar-refractivity contribution >= 4 is 57.7 Å². The highest BCUT2D eigenvalue weighted by Gasteiger charge is 2.42. The number of carboxylic acids is 1. The van der Waals surface area contributed by atoms with Crippen LogP contribution in [0.5, 0.6) is 0 Å². The second-order valence-corrected chi connectivity index (χ2v) is 7.50. The fraction of sp³-hybridized carbons (Fsp3) is 0.333. The summed E-state index contributed by atoms with van der Waals surface area (Å²) in [7, 11) is 0. The minimum atomic E-state index is -1.24. The first-order valence-electron chi connectivity index (χ1n) is 7.03. The standard InChI is InChI=1S/C15H14Cl2N2O3S/c16-8-1-2-10-9(7-8)11(17)12(18-10)13(20)19-15(14(21)22)3-5-23-6-4-15/h1-2,7,18H,3-6H2,(H,19,20)(H,21,22). The summed E-state index contributed by atoms with van der Waals surface area (Å²) in [6.07, 6.45) is 0.783. The summed E-state index contributed by atoms with van der Waals surface area (Å²) >= 11 is 13.9. The van der Waals surface area contributed by atoms with E-state index in [2.05, 4.69) is 10.3 Å². The van der Waals surface area contributed by atoms with Gasteiger partial charge in [0.2, 0.25) is 0 Å². The molecule has 8 heteroatoms. The van der Waals surface area contributed by atoms with Gasteiger partial charge in [-0.15, -0.1) is 0 Å². The summed E-state index contributed by atoms with van der Waals surface area (Å²) in [4.78, 5) is 27.2. The van der Waals surface area contributed by atoms with Crippen LogP contribution >= 0.6 is 35.0 Å². The van der Waals surface area contributed by atoms with Crippen molar-refractivity contribution in [1.29, 1.82) is 0 Å². The van der Waals surface area contributed by atoms with E-state index in [1.807, 2.05) is 0 Å². The molecule has 1 aliphatic rings. The van der Waals surface area contributed by atoms with Crippen molar-refractivity contribution in [3.05, 3.63) is 33.9 Å². The monoisotopic (exact) mass is 372 g/mol. The number of carbonyl (C=O) groups excluding carboxylic acids is 1. The molecule has 0 aliphatic carbocycles. The number of benzene rings is 1. The van der Waals surface area contributed by atoms with Gasteiger partial charge < -0.3 is 15.4 Å². The number of aromatic amines is 1. The third-order valence-corrected chi connectivity index (χ3v) is 5.65. The Morgan fingerprint density at radius 3 is 2.61 bits per heavy atom. The molecule has 3 N–H and O–H groups in total. The smallest absolute Gasteiger partial charge is 0.329 e. The molecule has 1 aliphatic heterocycles. The van der Waals surface area contributed by atoms with E-state index in [4.69, 9.17) is 23.2 Å². The Kier molecular flexibility index (Phi) is 4.49. The third-order valence-electron chi connectivity index (χ3n) is 4.03. The first-order valence-corrected chi connectivity index (χ1v) is 8.94. The highest BCUT2D eigenvalue weighted by atomic mass is 35.5. The maximum absolute atomic E-state index is 12.6. The van der Waals surface area contributed by atoms with E-state index in [1.165, 1.54) is 0 Å². The lowest BCUT2D eigenvalue weighted by Crippen LogP contribution is -2.56. The zero-order valence-electron chi connectivity index (χ0n) is 12.0. The summed E-state index contributed by atoms with van der Waals surface area (Å²) in [5, 5.41) is 13.6. The molecule has 2 aromatic rings. The number of fused-ring (bicyclic) bond motifs is 1. The molecule has 0 bridgehead atoms. The maximum atomic E-state index is 12.6. The summed E-state index contributed by atoms with van der Waals surface area (Å²) in [5.74, 6) is -0.135. The first-order chi connectivity index (χ1) is 10.9. The molecule has 0 spiro atoms. The number of aromatic nitrogens is 1. The Balaban J connectivity index is 1.94. The Hall–Kier alpha value is -1.37. The van der Waals surface area contributed by atoms with Crippen molar-refractivity contribution < 1.29 is 14.7 Å². The van der Waals surface area contributed by atoms with Crippen LogP contribution in [0, 0.1) is 0 Å². The minimum Gasteiger partial charge on any atom is -0.480 e. The van der Waals surface area contributed by atoms with Crippen molar-refractivity contribution in [3.8, 4) is 0 Å². The molecule has 0 saturated carbocycles. The molecule has 23 heavy (non-hydrogen) atoms. The van der Waals surface area contributed by atoms with E-state index < -0.39 is 17.4 Å². The fourth-order valence-corrected chi connectivity index (χ4v) is 4.33. The average molecular weight is 373 g/mol. The van der Waals surface area contributed by atoms with E-state index in [9.17, 15) is 14.7 Å². The largest absolute Gasteiger partial charge is 0.480 e. The molecule has 0 unspecified atom stereocenters. The predicted molar refractivity (Wildman–Crippen MR) is 92.7 cm³/mol. The molecule has 0 radical (unpaired) electrons. The Morgan fingerprint density at radius 1 is 1.26 bits per heavy atom. The van der Waals surface area contributed by atoms with Crippen molar-refractivity contribution in [2.75, 3.05) is 11.5 Å². The Bertz CT molecular complexity index is 784. The first kappa shape index (κ1) is 16.5. The van der Waals surface area contributed by atoms with Crippen LogP contribution in [-0.4, -0.2) is 39.0 Å². The summed E-state index contributed by atoms with van der Waals surface area (Å²) in [6, 6.07) is 5.08. The van der Waals surface area contributed by atoms with Gasteiger partial charge >= 0.3 is 5.97 Å². The SMILES string of the molecule is O=C(NC1(C(=O)O)CCSCC1)c1[nH]c2ccc(Cl)cc2c1Cl. The lowest BCUT2D eigenvalue weighted by atomic mass is 9.92. The molecule has 1 fully saturated rings. The number of carboxylic acid groups (broad SMARTS) is 1. The zero-order valence-corrected chi connectivity index (χ0v) is 14.3. The van der Waals surface area contributed by atoms with Gasteiger partial charge in [-0.1, -0.05) is 23.2 Å². The molecular weight excluding hydrogens is 359 g/mol. The van der Waals surface area contributed by atoms with Gasteiger partial charge in [0.25, 0.3) is 5.91 Å². The second-order valence-electron chi connectivity index (χ2n) is 5.46. The van der Waals surface area contributed by atoms with Gasteiger partial charge in [-0.05, 0) is 42.5 Å². The molecule has 3 rings (SSSR count). The van der Waals surface area contributed by atoms with Crippen molar-refractivity contribution in [2.45, 2.75) is 18.4 Å². The summed E-state index contributed by atoms with van der Waals surface area (Å²) in [5.41, 5.74) is -0.406. The van der Waals surface area contributed by atoms with Crippen LogP contribution in [0.1, 0.15) is 23.3 Å². The molecule has 1 saturated heterocycles. The number of thioether (sulfide) groups is 1. The van der Waals surface area contributed by atoms with Crippen molar-refractivity contribution in [2.24, 2.45) is 0 Å². The fourth-order valence-electron chi connectivity index (χ4n) is 2.68. The van der Waals surface area contributed by atoms with Crippen molar-refractivity contribution in [1.82, 2.24) is 10.3 Å². The molecule has 5 nitrogen and oxygen atoms in total. The molecular formula is C15H14Cl2N2O3S. The zero-order chi connectivity index (χ0) is 16.6. The van der Waals surface area contributed by atoms with Crippen LogP contribution in [0.15, 0.2) is 18.2 Å². The quantitative estimate of drug-likeness (QED) is 0.769. The van der Waals surface area contributed by atoms with Gasteiger partial charge in [0.15, 0.2) is 0 Å². The van der Waals surface area contributed by atoms with E-state index in [0.29, 0.717) is 40.3 Å². The molecule has 1 aromatic carbocycles. The van der Waals surface area contributed by atoms with Gasteiger partial charge in [-0.2, -0.15) is 11.8 Å². The second kappa shape index (κ2) is 6.26. The van der Waals surface area contributed by atoms with Gasteiger partial charge in [-0.3, -0.25) is 4.79 Å². The van der Waals surface area contributed by atoms with Gasteiger partial charge in [-0.25, -0.2) is 4.79 Å². The maximum Gasteiger partial charge on any atom is 0.329 e. The van der Waals surface area contributed by atoms with E-state index in [0.717, 1.165) is 0 Å². The predicted octanol–water partition coefficient (Wildman–Crippen LogP) is 3.55. The number of hydrogen-bond acceptors (Lipinski definition) is 3.